The van der Waals surface area contributed by atoms with Crippen LogP contribution < -0.4 is 21.3 Å². The minimum atomic E-state index is -0.170. The molecular weight excluding hydrogens is 902 g/mol. The van der Waals surface area contributed by atoms with E-state index in [-0.39, 0.29) is 44.6 Å². The summed E-state index contributed by atoms with van der Waals surface area (Å²) in [6.07, 6.45) is 0. The van der Waals surface area contributed by atoms with Gasteiger partial charge in [-0.2, -0.15) is 0 Å². The van der Waals surface area contributed by atoms with E-state index in [9.17, 15) is 0 Å². The topological polar surface area (TPSA) is 29.0 Å². The summed E-state index contributed by atoms with van der Waals surface area (Å²) >= 11 is 1.94. The lowest BCUT2D eigenvalue weighted by Crippen LogP contribution is -2.60. The summed E-state index contributed by atoms with van der Waals surface area (Å²) in [4.78, 5) is 16.1. The zero-order valence-electron chi connectivity index (χ0n) is 48.3. The summed E-state index contributed by atoms with van der Waals surface area (Å²) in [5.74, 6) is 0. The van der Waals surface area contributed by atoms with Crippen LogP contribution in [0.3, 0.4) is 0 Å². The highest BCUT2D eigenvalue weighted by atomic mass is 32.2. The first-order valence-corrected chi connectivity index (χ1v) is 27.7. The van der Waals surface area contributed by atoms with Crippen LogP contribution in [0.5, 0.6) is 0 Å². The van der Waals surface area contributed by atoms with E-state index >= 15 is 0 Å². The second-order valence-corrected chi connectivity index (χ2v) is 29.7. The lowest BCUT2D eigenvalue weighted by atomic mass is 9.34. The monoisotopic (exact) mass is 984 g/mol. The molecule has 0 radical (unpaired) electrons. The van der Waals surface area contributed by atoms with E-state index in [2.05, 4.69) is 266 Å². The first-order valence-electron chi connectivity index (χ1n) is 26.8. The molecule has 7 aromatic rings. The average Bonchev–Trinajstić information content (AvgIpc) is 3.28. The quantitative estimate of drug-likeness (QED) is 0.164. The van der Waals surface area contributed by atoms with Gasteiger partial charge in [0, 0.05) is 76.7 Å². The van der Waals surface area contributed by atoms with Crippen LogP contribution in [0.2, 0.25) is 0 Å². The highest BCUT2D eigenvalue weighted by molar-refractivity contribution is 8.00. The van der Waals surface area contributed by atoms with E-state index in [4.69, 9.17) is 9.97 Å². The molecule has 2 aliphatic rings. The predicted molar refractivity (Wildman–Crippen MR) is 319 cm³/mol. The van der Waals surface area contributed by atoms with Gasteiger partial charge in [0.1, 0.15) is 0 Å². The van der Waals surface area contributed by atoms with Crippen molar-refractivity contribution in [1.82, 2.24) is 9.97 Å². The smallest absolute Gasteiger partial charge is 0.249 e. The Morgan fingerprint density at radius 1 is 0.356 bits per heavy atom. The fraction of sp³-hybridized carbons (Fsp3) is 0.412. The Labute approximate surface area is 445 Å². The van der Waals surface area contributed by atoms with Crippen LogP contribution in [-0.2, 0) is 37.9 Å². The summed E-state index contributed by atoms with van der Waals surface area (Å²) < 4.78 is 0. The van der Waals surface area contributed by atoms with Gasteiger partial charge in [0.25, 0.3) is 0 Å². The maximum Gasteiger partial charge on any atom is 0.249 e. The Hall–Kier alpha value is -5.39. The minimum Gasteiger partial charge on any atom is -0.310 e. The van der Waals surface area contributed by atoms with Crippen molar-refractivity contribution in [3.8, 4) is 33.4 Å². The lowest BCUT2D eigenvalue weighted by molar-refractivity contribution is 0.531. The van der Waals surface area contributed by atoms with Crippen LogP contribution in [0, 0.1) is 0 Å². The number of aromatic nitrogens is 2. The van der Waals surface area contributed by atoms with Gasteiger partial charge in [-0.25, -0.2) is 0 Å². The molecule has 0 saturated heterocycles. The SMILES string of the molecule is CC(C)(C)c1cc(-c2ccc3c(c2)B2c4ccc(C(C)(C)C)cc4Sc4cccc(c42)N3c2c(-c3cc(C(C)(C)C)nc(C(C)(C)C)c3)cccc2-c2cc(C(C)(C)C)nc(C(C)(C)C)c2)cc(C(C)(C)C)c1. The Balaban J connectivity index is 1.44. The largest absolute Gasteiger partial charge is 0.310 e. The number of hydrogen-bond acceptors (Lipinski definition) is 4. The van der Waals surface area contributed by atoms with Gasteiger partial charge in [-0.05, 0) is 115 Å². The molecule has 0 aliphatic carbocycles. The van der Waals surface area contributed by atoms with Crippen molar-refractivity contribution in [2.45, 2.75) is 193 Å². The van der Waals surface area contributed by atoms with Crippen molar-refractivity contribution in [3.63, 3.8) is 0 Å². The molecule has 0 bridgehead atoms. The van der Waals surface area contributed by atoms with Crippen LogP contribution in [0.4, 0.5) is 17.1 Å². The van der Waals surface area contributed by atoms with Gasteiger partial charge >= 0.3 is 0 Å². The summed E-state index contributed by atoms with van der Waals surface area (Å²) in [5, 5.41) is 0. The third-order valence-corrected chi connectivity index (χ3v) is 16.3. The number of anilines is 3. The van der Waals surface area contributed by atoms with E-state index < -0.39 is 0 Å². The maximum absolute atomic E-state index is 5.41. The molecule has 0 fully saturated rings. The fourth-order valence-electron chi connectivity index (χ4n) is 10.4. The number of benzene rings is 5. The molecule has 3 nitrogen and oxygen atoms in total. The molecule has 9 rings (SSSR count). The molecule has 0 amide bonds. The Kier molecular flexibility index (Phi) is 12.7. The van der Waals surface area contributed by atoms with Gasteiger partial charge in [0.2, 0.25) is 6.71 Å². The first kappa shape index (κ1) is 52.5. The molecule has 378 valence electrons. The normalized spacial score (nSPS) is 14.3. The number of rotatable bonds is 4. The van der Waals surface area contributed by atoms with Gasteiger partial charge in [-0.1, -0.05) is 229 Å². The molecule has 5 heteroatoms. The van der Waals surface area contributed by atoms with Crippen LogP contribution in [0.15, 0.2) is 125 Å². The Bertz CT molecular complexity index is 3120. The van der Waals surface area contributed by atoms with Gasteiger partial charge in [0.15, 0.2) is 0 Å². The summed E-state index contributed by atoms with van der Waals surface area (Å²) in [7, 11) is 0. The van der Waals surface area contributed by atoms with Gasteiger partial charge in [-0.3, -0.25) is 9.97 Å². The van der Waals surface area contributed by atoms with Gasteiger partial charge in [0.05, 0.1) is 5.69 Å². The third-order valence-electron chi connectivity index (χ3n) is 15.2. The molecule has 2 aliphatic heterocycles. The Morgan fingerprint density at radius 3 is 1.27 bits per heavy atom. The number of fused-ring (bicyclic) bond motifs is 4. The van der Waals surface area contributed by atoms with Crippen LogP contribution in [0.1, 0.15) is 185 Å². The second-order valence-electron chi connectivity index (χ2n) is 28.6. The van der Waals surface area contributed by atoms with Crippen LogP contribution in [0.25, 0.3) is 33.4 Å². The molecule has 2 aromatic heterocycles. The number of pyridine rings is 2. The highest BCUT2D eigenvalue weighted by Gasteiger charge is 2.43. The van der Waals surface area contributed by atoms with E-state index in [1.54, 1.807) is 0 Å². The molecule has 0 atom stereocenters. The second kappa shape index (κ2) is 17.6. The van der Waals surface area contributed by atoms with Crippen molar-refractivity contribution >= 4 is 51.9 Å². The minimum absolute atomic E-state index is 0.0153. The molecule has 0 N–H and O–H groups in total. The van der Waals surface area contributed by atoms with Crippen LogP contribution >= 0.6 is 11.8 Å². The summed E-state index contributed by atoms with van der Waals surface area (Å²) in [6, 6.07) is 45.6. The Morgan fingerprint density at radius 2 is 0.822 bits per heavy atom. The lowest BCUT2D eigenvalue weighted by Gasteiger charge is -2.42. The number of para-hydroxylation sites is 1. The molecule has 4 heterocycles. The van der Waals surface area contributed by atoms with E-state index in [1.807, 2.05) is 11.8 Å². The number of nitrogens with zero attached hydrogens (tertiary/aromatic N) is 3. The average molecular weight is 984 g/mol. The maximum atomic E-state index is 5.41. The van der Waals surface area contributed by atoms with E-state index in [0.717, 1.165) is 22.8 Å². The molecule has 0 saturated carbocycles. The fourth-order valence-corrected chi connectivity index (χ4v) is 11.6. The van der Waals surface area contributed by atoms with Gasteiger partial charge in [-0.15, -0.1) is 0 Å². The highest BCUT2D eigenvalue weighted by Crippen LogP contribution is 2.51. The molecule has 73 heavy (non-hydrogen) atoms. The summed E-state index contributed by atoms with van der Waals surface area (Å²) in [5.41, 5.74) is 22.7. The van der Waals surface area contributed by atoms with E-state index in [0.29, 0.717) is 0 Å². The summed E-state index contributed by atoms with van der Waals surface area (Å²) in [6.45, 7) is 48.5. The van der Waals surface area contributed by atoms with Crippen molar-refractivity contribution in [1.29, 1.82) is 0 Å². The van der Waals surface area contributed by atoms with E-state index in [1.165, 1.54) is 93.3 Å². The molecule has 0 spiro atoms. The molecule has 5 aromatic carbocycles. The first-order chi connectivity index (χ1) is 33.6. The van der Waals surface area contributed by atoms with Crippen molar-refractivity contribution < 1.29 is 0 Å². The number of hydrogen-bond donors (Lipinski definition) is 0. The van der Waals surface area contributed by atoms with Gasteiger partial charge < -0.3 is 4.90 Å². The zero-order valence-corrected chi connectivity index (χ0v) is 49.1. The van der Waals surface area contributed by atoms with Crippen molar-refractivity contribution in [2.75, 3.05) is 4.90 Å². The van der Waals surface area contributed by atoms with Crippen molar-refractivity contribution in [2.24, 2.45) is 0 Å². The predicted octanol–water partition coefficient (Wildman–Crippen LogP) is 17.3. The van der Waals surface area contributed by atoms with Crippen molar-refractivity contribution in [3.05, 3.63) is 155 Å². The molecule has 0 unspecified atom stereocenters. The molecular formula is C68H82BN3S. The standard InChI is InChI=1S/C68H82BN3S/c1-62(2,3)45-29-30-50-55(40-45)73-54-27-23-26-53-60(54)69(50)51-34-41(42-32-46(63(4,5)6)39-47(33-42)64(7,8)9)28-31-52(51)72(53)61-48(43-35-56(65(10,11)12)70-57(36-43)66(13,14)15)24-22-25-49(61)44-37-58(67(16,17)18)71-59(38-44)68(19,20)21/h22-40H,1-21H3. The van der Waals surface area contributed by atoms with Crippen LogP contribution in [-0.4, -0.2) is 16.7 Å². The third kappa shape index (κ3) is 10.0. The zero-order chi connectivity index (χ0) is 53.3.